The van der Waals surface area contributed by atoms with E-state index in [0.717, 1.165) is 126 Å². The molecule has 2 N–H and O–H groups in total. The van der Waals surface area contributed by atoms with Gasteiger partial charge < -0.3 is 20.0 Å². The number of aryl methyl sites for hydroxylation is 1. The Morgan fingerprint density at radius 2 is 1.70 bits per heavy atom. The molecule has 1 unspecified atom stereocenters. The Hall–Kier alpha value is -6.02. The molecule has 336 valence electrons. The summed E-state index contributed by atoms with van der Waals surface area (Å²) in [7, 11) is 1.77. The Kier molecular flexibility index (Phi) is 10.3. The number of rotatable bonds is 9. The van der Waals surface area contributed by atoms with Gasteiger partial charge in [-0.2, -0.15) is 10.2 Å². The first-order valence-electron chi connectivity index (χ1n) is 22.7. The summed E-state index contributed by atoms with van der Waals surface area (Å²) in [6.45, 7) is 8.40. The fraction of sp³-hybridized carbons (Fsp3) is 0.545. The number of piperazine rings is 1. The molecule has 11 rings (SSSR count). The van der Waals surface area contributed by atoms with Gasteiger partial charge >= 0.3 is 5.69 Å². The Bertz CT molecular complexity index is 2780. The van der Waals surface area contributed by atoms with Crippen molar-refractivity contribution in [2.75, 3.05) is 68.7 Å². The number of benzene rings is 1. The molecule has 1 atom stereocenters. The summed E-state index contributed by atoms with van der Waals surface area (Å²) in [5, 5.41) is 23.3. The van der Waals surface area contributed by atoms with Crippen molar-refractivity contribution < 1.29 is 18.4 Å². The number of nitrogens with zero attached hydrogens (tertiary/aromatic N) is 13. The molecule has 6 aromatic rings. The molecular formula is C44H53F2N15O3. The van der Waals surface area contributed by atoms with Gasteiger partial charge in [0.15, 0.2) is 11.3 Å². The van der Waals surface area contributed by atoms with E-state index in [0.29, 0.717) is 29.2 Å². The van der Waals surface area contributed by atoms with Gasteiger partial charge in [-0.15, -0.1) is 5.10 Å². The maximum Gasteiger partial charge on any atom is 0.329 e. The molecule has 1 aliphatic carbocycles. The van der Waals surface area contributed by atoms with Crippen molar-refractivity contribution in [3.05, 3.63) is 65.2 Å². The molecule has 2 amide bonds. The number of carbonyl (C=O) groups excluding carboxylic acids is 2. The van der Waals surface area contributed by atoms with E-state index in [9.17, 15) is 23.2 Å². The highest BCUT2D eigenvalue weighted by atomic mass is 19.3. The van der Waals surface area contributed by atoms with Crippen LogP contribution >= 0.6 is 0 Å². The third-order valence-electron chi connectivity index (χ3n) is 14.8. The highest BCUT2D eigenvalue weighted by Gasteiger charge is 2.42. The van der Waals surface area contributed by atoms with Crippen LogP contribution in [0, 0.1) is 11.3 Å². The normalized spacial score (nSPS) is 23.3. The fourth-order valence-corrected chi connectivity index (χ4v) is 11.1. The Morgan fingerprint density at radius 1 is 0.906 bits per heavy atom. The van der Waals surface area contributed by atoms with Crippen molar-refractivity contribution in [2.24, 2.45) is 18.4 Å². The summed E-state index contributed by atoms with van der Waals surface area (Å²) in [6, 6.07) is 7.20. The fourth-order valence-electron chi connectivity index (χ4n) is 11.1. The zero-order valence-corrected chi connectivity index (χ0v) is 36.0. The van der Waals surface area contributed by atoms with Crippen molar-refractivity contribution in [3.8, 4) is 16.9 Å². The maximum atomic E-state index is 14.5. The van der Waals surface area contributed by atoms with E-state index in [1.54, 1.807) is 44.0 Å². The summed E-state index contributed by atoms with van der Waals surface area (Å²) in [4.78, 5) is 50.3. The molecule has 4 aliphatic heterocycles. The number of para-hydroxylation sites is 1. The molecule has 5 aromatic heterocycles. The number of carbonyl (C=O) groups is 2. The van der Waals surface area contributed by atoms with Gasteiger partial charge in [0.25, 0.3) is 6.43 Å². The van der Waals surface area contributed by atoms with Crippen LogP contribution in [0.15, 0.2) is 53.8 Å². The summed E-state index contributed by atoms with van der Waals surface area (Å²) < 4.78 is 37.0. The minimum Gasteiger partial charge on any atom is -0.369 e. The van der Waals surface area contributed by atoms with Gasteiger partial charge in [-0.1, -0.05) is 11.3 Å². The third-order valence-corrected chi connectivity index (χ3v) is 14.8. The number of amides is 2. The van der Waals surface area contributed by atoms with Crippen LogP contribution in [0.25, 0.3) is 33.6 Å². The van der Waals surface area contributed by atoms with Crippen LogP contribution < -0.4 is 26.1 Å². The number of likely N-dealkylation sites (tertiary alicyclic amines) is 1. The first-order chi connectivity index (χ1) is 31.1. The lowest BCUT2D eigenvalue weighted by atomic mass is 9.77. The number of hydrogen-bond donors (Lipinski definition) is 2. The van der Waals surface area contributed by atoms with Crippen LogP contribution in [0.1, 0.15) is 82.0 Å². The van der Waals surface area contributed by atoms with Crippen molar-refractivity contribution in [2.45, 2.75) is 76.3 Å². The Balaban J connectivity index is 0.712. The van der Waals surface area contributed by atoms with E-state index in [1.807, 2.05) is 24.4 Å². The predicted molar refractivity (Wildman–Crippen MR) is 234 cm³/mol. The molecule has 4 saturated heterocycles. The molecule has 1 aromatic carbocycles. The quantitative estimate of drug-likeness (QED) is 0.201. The predicted octanol–water partition coefficient (Wildman–Crippen LogP) is 3.88. The van der Waals surface area contributed by atoms with Crippen molar-refractivity contribution in [3.63, 3.8) is 0 Å². The van der Waals surface area contributed by atoms with Crippen LogP contribution in [-0.4, -0.2) is 124 Å². The number of nitrogens with one attached hydrogen (secondary N) is 2. The number of imide groups is 1. The first-order valence-corrected chi connectivity index (χ1v) is 22.7. The molecule has 9 heterocycles. The lowest BCUT2D eigenvalue weighted by Gasteiger charge is -2.41. The number of halogens is 2. The minimum atomic E-state index is -2.77. The number of fused-ring (bicyclic) bond motifs is 2. The van der Waals surface area contributed by atoms with Crippen LogP contribution in [-0.2, 0) is 16.6 Å². The van der Waals surface area contributed by atoms with Gasteiger partial charge in [0.2, 0.25) is 11.8 Å². The number of imidazole rings is 1. The maximum absolute atomic E-state index is 14.5. The number of aromatic nitrogens is 10. The van der Waals surface area contributed by atoms with Crippen molar-refractivity contribution in [1.82, 2.24) is 64.0 Å². The van der Waals surface area contributed by atoms with Gasteiger partial charge in [0.1, 0.15) is 23.2 Å². The van der Waals surface area contributed by atoms with Gasteiger partial charge in [-0.25, -0.2) is 27.8 Å². The average molecular weight is 878 g/mol. The summed E-state index contributed by atoms with van der Waals surface area (Å²) in [5.41, 5.74) is 4.20. The third kappa shape index (κ3) is 7.23. The van der Waals surface area contributed by atoms with Crippen LogP contribution in [0.5, 0.6) is 0 Å². The summed E-state index contributed by atoms with van der Waals surface area (Å²) >= 11 is 0. The molecule has 20 heteroatoms. The first kappa shape index (κ1) is 40.7. The second kappa shape index (κ2) is 16.2. The molecule has 1 spiro atoms. The van der Waals surface area contributed by atoms with Gasteiger partial charge in [-0.05, 0) is 94.0 Å². The monoisotopic (exact) mass is 877 g/mol. The molecule has 5 fully saturated rings. The largest absolute Gasteiger partial charge is 0.369 e. The number of alkyl halides is 2. The Labute approximate surface area is 367 Å². The van der Waals surface area contributed by atoms with Gasteiger partial charge in [-0.3, -0.25) is 28.7 Å². The molecule has 0 radical (unpaired) electrons. The Morgan fingerprint density at radius 3 is 2.48 bits per heavy atom. The van der Waals surface area contributed by atoms with E-state index >= 15 is 0 Å². The highest BCUT2D eigenvalue weighted by molar-refractivity contribution is 6.00. The number of anilines is 2. The average Bonchev–Trinajstić information content (AvgIpc) is 4.16. The van der Waals surface area contributed by atoms with E-state index in [4.69, 9.17) is 4.98 Å². The minimum absolute atomic E-state index is 0.0247. The number of hydrogen-bond acceptors (Lipinski definition) is 12. The van der Waals surface area contributed by atoms with E-state index in [1.165, 1.54) is 4.68 Å². The molecule has 64 heavy (non-hydrogen) atoms. The molecule has 5 aliphatic rings. The molecule has 1 saturated carbocycles. The van der Waals surface area contributed by atoms with Crippen molar-refractivity contribution in [1.29, 1.82) is 0 Å². The molecule has 0 bridgehead atoms. The molecular weight excluding hydrogens is 825 g/mol. The van der Waals surface area contributed by atoms with E-state index < -0.39 is 18.4 Å². The van der Waals surface area contributed by atoms with E-state index in [-0.39, 0.29) is 40.9 Å². The van der Waals surface area contributed by atoms with Crippen LogP contribution in [0.2, 0.25) is 0 Å². The van der Waals surface area contributed by atoms with Gasteiger partial charge in [0.05, 0.1) is 46.9 Å². The van der Waals surface area contributed by atoms with Crippen LogP contribution in [0.3, 0.4) is 0 Å². The topological polar surface area (TPSA) is 174 Å². The summed E-state index contributed by atoms with van der Waals surface area (Å²) in [5.74, 6) is 0.656. The van der Waals surface area contributed by atoms with Crippen LogP contribution in [0.4, 0.5) is 20.3 Å². The molecule has 18 nitrogen and oxygen atoms in total. The lowest BCUT2D eigenvalue weighted by Crippen LogP contribution is -2.44. The zero-order chi connectivity index (χ0) is 43.7. The standard InChI is InChI=1S/C44H53F2N15O3/c1-54-39-32(3-2-4-33(39)61(43(54)64)34-9-10-37(62)50-42(34)63)57-20-14-44(27-57)12-18-55(19-13-44)24-28-5-7-29(8-6-28)59-26-35(38(52-59)40(45)46)60-25-31(51-53-60)30-23-48-58-17-11-36(49-41(30)58)56-21-15-47-16-22-56/h2-4,11,17,23,25-26,28-29,34,40,47H,5-10,12-16,18-22,24,27H2,1H3,(H,50,62,63). The zero-order valence-electron chi connectivity index (χ0n) is 36.0. The van der Waals surface area contributed by atoms with Crippen molar-refractivity contribution >= 4 is 40.0 Å². The van der Waals surface area contributed by atoms with Gasteiger partial charge in [0, 0.05) is 65.5 Å². The lowest BCUT2D eigenvalue weighted by molar-refractivity contribution is -0.135. The SMILES string of the molecule is Cn1c(=O)n(C2CCC(=O)NC2=O)c2cccc(N3CCC4(CCN(CC5CCC(n6cc(-n7cc(-c8cnn9ccc(N%10CCNCC%10)nc89)nn7)c(C(F)F)n6)CC5)CC4)C3)c21. The summed E-state index contributed by atoms with van der Waals surface area (Å²) in [6.07, 6.45) is 11.7. The smallest absolute Gasteiger partial charge is 0.329 e. The van der Waals surface area contributed by atoms with E-state index in [2.05, 4.69) is 51.9 Å². The second-order valence-corrected chi connectivity index (χ2v) is 18.5. The highest BCUT2D eigenvalue weighted by Crippen LogP contribution is 2.44. The second-order valence-electron chi connectivity index (χ2n) is 18.5. The number of piperidine rings is 2.